The number of amides is 1. The van der Waals surface area contributed by atoms with Crippen LogP contribution in [0.2, 0.25) is 0 Å². The molecule has 2 aliphatic rings. The highest BCUT2D eigenvalue weighted by molar-refractivity contribution is 5.78. The van der Waals surface area contributed by atoms with Gasteiger partial charge in [-0.25, -0.2) is 0 Å². The fourth-order valence-electron chi connectivity index (χ4n) is 4.63. The molecule has 0 unspecified atom stereocenters. The number of aliphatic hydroxyl groups is 1. The smallest absolute Gasteiger partial charge is 0.237 e. The van der Waals surface area contributed by atoms with E-state index in [4.69, 9.17) is 0 Å². The first-order valence-corrected chi connectivity index (χ1v) is 11.0. The Morgan fingerprint density at radius 3 is 2.45 bits per heavy atom. The molecular weight excluding hydrogens is 362 g/mol. The predicted octanol–water partition coefficient (Wildman–Crippen LogP) is 2.86. The van der Waals surface area contributed by atoms with Gasteiger partial charge >= 0.3 is 0 Å². The third kappa shape index (κ3) is 5.27. The molecule has 5 nitrogen and oxygen atoms in total. The zero-order valence-corrected chi connectivity index (χ0v) is 18.4. The van der Waals surface area contributed by atoms with Crippen molar-refractivity contribution < 1.29 is 9.90 Å². The number of allylic oxidation sites excluding steroid dienone is 2. The standard InChI is InChI=1S/C24H37N3O2/c1-17(2)27(23(29)15-26(3)4)14-21-24(22(16-28)25-21)20-12-10-19(11-13-20)18-8-6-5-7-9-18/h8,10-13,17,21-22,24-25,28H,5-7,9,14-16H2,1-4H3/t21-,22-,24-/m1/s1. The second-order valence-electron chi connectivity index (χ2n) is 9.06. The second kappa shape index (κ2) is 9.88. The summed E-state index contributed by atoms with van der Waals surface area (Å²) in [5.41, 5.74) is 4.03. The van der Waals surface area contributed by atoms with Gasteiger partial charge in [-0.3, -0.25) is 4.79 Å². The maximum atomic E-state index is 12.7. The molecule has 29 heavy (non-hydrogen) atoms. The Bertz CT molecular complexity index is 711. The van der Waals surface area contributed by atoms with E-state index in [1.54, 1.807) is 0 Å². The molecule has 0 radical (unpaired) electrons. The monoisotopic (exact) mass is 399 g/mol. The number of hydrogen-bond donors (Lipinski definition) is 2. The topological polar surface area (TPSA) is 55.8 Å². The lowest BCUT2D eigenvalue weighted by molar-refractivity contribution is -0.134. The summed E-state index contributed by atoms with van der Waals surface area (Å²) < 4.78 is 0. The Morgan fingerprint density at radius 1 is 1.17 bits per heavy atom. The van der Waals surface area contributed by atoms with Crippen LogP contribution in [-0.2, 0) is 4.79 Å². The van der Waals surface area contributed by atoms with Crippen molar-refractivity contribution in [3.05, 3.63) is 41.5 Å². The van der Waals surface area contributed by atoms with E-state index in [2.05, 4.69) is 49.5 Å². The van der Waals surface area contributed by atoms with Crippen LogP contribution in [0, 0.1) is 0 Å². The molecule has 0 spiro atoms. The average Bonchev–Trinajstić information content (AvgIpc) is 2.68. The Morgan fingerprint density at radius 2 is 1.90 bits per heavy atom. The Kier molecular flexibility index (Phi) is 7.49. The molecule has 5 heteroatoms. The van der Waals surface area contributed by atoms with E-state index in [0.29, 0.717) is 13.1 Å². The summed E-state index contributed by atoms with van der Waals surface area (Å²) in [6.45, 7) is 5.33. The van der Waals surface area contributed by atoms with Crippen LogP contribution in [0.15, 0.2) is 30.3 Å². The average molecular weight is 400 g/mol. The number of hydrogen-bond acceptors (Lipinski definition) is 4. The number of nitrogens with zero attached hydrogens (tertiary/aromatic N) is 2. The Labute approximate surface area is 175 Å². The molecule has 0 saturated carbocycles. The predicted molar refractivity (Wildman–Crippen MR) is 119 cm³/mol. The maximum Gasteiger partial charge on any atom is 0.237 e. The van der Waals surface area contributed by atoms with Gasteiger partial charge in [-0.2, -0.15) is 0 Å². The van der Waals surface area contributed by atoms with E-state index in [1.807, 2.05) is 23.9 Å². The number of nitrogens with one attached hydrogen (secondary N) is 1. The van der Waals surface area contributed by atoms with Gasteiger partial charge in [0.25, 0.3) is 0 Å². The first kappa shape index (κ1) is 22.0. The van der Waals surface area contributed by atoms with Crippen LogP contribution >= 0.6 is 0 Å². The highest BCUT2D eigenvalue weighted by Gasteiger charge is 2.42. The lowest BCUT2D eigenvalue weighted by atomic mass is 9.77. The number of likely N-dealkylation sites (N-methyl/N-ethyl adjacent to an activating group) is 1. The molecular formula is C24H37N3O2. The molecule has 1 aromatic carbocycles. The molecule has 0 bridgehead atoms. The second-order valence-corrected chi connectivity index (χ2v) is 9.06. The summed E-state index contributed by atoms with van der Waals surface area (Å²) in [5.74, 6) is 0.375. The number of rotatable bonds is 8. The third-order valence-corrected chi connectivity index (χ3v) is 6.24. The van der Waals surface area contributed by atoms with Crippen molar-refractivity contribution in [3.63, 3.8) is 0 Å². The number of benzene rings is 1. The summed E-state index contributed by atoms with van der Waals surface area (Å²) in [7, 11) is 3.85. The first-order valence-electron chi connectivity index (χ1n) is 11.0. The van der Waals surface area contributed by atoms with E-state index in [0.717, 1.165) is 0 Å². The lowest BCUT2D eigenvalue weighted by Crippen LogP contribution is -2.65. The number of aliphatic hydroxyl groups excluding tert-OH is 1. The molecule has 160 valence electrons. The van der Waals surface area contributed by atoms with Crippen molar-refractivity contribution in [1.82, 2.24) is 15.1 Å². The van der Waals surface area contributed by atoms with Crippen molar-refractivity contribution >= 4 is 11.5 Å². The molecule has 1 fully saturated rings. The number of carbonyl (C=O) groups excluding carboxylic acids is 1. The van der Waals surface area contributed by atoms with Crippen molar-refractivity contribution in [1.29, 1.82) is 0 Å². The summed E-state index contributed by atoms with van der Waals surface area (Å²) in [5, 5.41) is 13.3. The van der Waals surface area contributed by atoms with Crippen molar-refractivity contribution in [2.24, 2.45) is 0 Å². The van der Waals surface area contributed by atoms with E-state index in [9.17, 15) is 9.90 Å². The maximum absolute atomic E-state index is 12.7. The van der Waals surface area contributed by atoms with Crippen LogP contribution in [-0.4, -0.2) is 72.7 Å². The summed E-state index contributed by atoms with van der Waals surface area (Å²) in [6, 6.07) is 9.26. The molecule has 0 aromatic heterocycles. The lowest BCUT2D eigenvalue weighted by Gasteiger charge is -2.48. The SMILES string of the molecule is CC(C)N(C[C@H]1N[C@H](CO)[C@@H]1c1ccc(C2=CCCCC2)cc1)C(=O)CN(C)C. The van der Waals surface area contributed by atoms with Crippen molar-refractivity contribution in [2.75, 3.05) is 33.8 Å². The molecule has 3 rings (SSSR count). The van der Waals surface area contributed by atoms with Gasteiger partial charge in [0.05, 0.1) is 13.2 Å². The molecule has 1 amide bonds. The van der Waals surface area contributed by atoms with Crippen LogP contribution in [0.1, 0.15) is 56.6 Å². The quantitative estimate of drug-likeness (QED) is 0.706. The molecule has 1 aliphatic carbocycles. The van der Waals surface area contributed by atoms with Gasteiger partial charge in [0.2, 0.25) is 5.91 Å². The van der Waals surface area contributed by atoms with Gasteiger partial charge in [0.15, 0.2) is 0 Å². The van der Waals surface area contributed by atoms with Gasteiger partial charge < -0.3 is 20.2 Å². The molecule has 1 aromatic rings. The minimum absolute atomic E-state index is 0.0534. The van der Waals surface area contributed by atoms with E-state index < -0.39 is 0 Å². The van der Waals surface area contributed by atoms with E-state index in [1.165, 1.54) is 42.4 Å². The highest BCUT2D eigenvalue weighted by Crippen LogP contribution is 2.34. The van der Waals surface area contributed by atoms with Crippen LogP contribution < -0.4 is 5.32 Å². The number of carbonyl (C=O) groups is 1. The summed E-state index contributed by atoms with van der Waals surface area (Å²) in [6.07, 6.45) is 7.31. The minimum atomic E-state index is 0.0534. The van der Waals surface area contributed by atoms with Crippen LogP contribution in [0.3, 0.4) is 0 Å². The molecule has 3 atom stereocenters. The Hall–Kier alpha value is -1.69. The van der Waals surface area contributed by atoms with Crippen LogP contribution in [0.5, 0.6) is 0 Å². The fraction of sp³-hybridized carbons (Fsp3) is 0.625. The van der Waals surface area contributed by atoms with Gasteiger partial charge in [0.1, 0.15) is 0 Å². The summed E-state index contributed by atoms with van der Waals surface area (Å²) >= 11 is 0. The van der Waals surface area contributed by atoms with Gasteiger partial charge in [-0.05, 0) is 70.3 Å². The normalized spacial score (nSPS) is 24.4. The zero-order chi connectivity index (χ0) is 21.0. The van der Waals surface area contributed by atoms with Crippen molar-refractivity contribution in [2.45, 2.75) is 63.6 Å². The first-order chi connectivity index (χ1) is 13.9. The van der Waals surface area contributed by atoms with Gasteiger partial charge in [0, 0.05) is 30.6 Å². The minimum Gasteiger partial charge on any atom is -0.395 e. The molecule has 1 saturated heterocycles. The van der Waals surface area contributed by atoms with E-state index in [-0.39, 0.29) is 36.6 Å². The molecule has 2 N–H and O–H groups in total. The van der Waals surface area contributed by atoms with E-state index >= 15 is 0 Å². The molecule has 1 aliphatic heterocycles. The zero-order valence-electron chi connectivity index (χ0n) is 18.4. The van der Waals surface area contributed by atoms with Gasteiger partial charge in [-0.15, -0.1) is 0 Å². The van der Waals surface area contributed by atoms with Gasteiger partial charge in [-0.1, -0.05) is 30.3 Å². The van der Waals surface area contributed by atoms with Crippen LogP contribution in [0.4, 0.5) is 0 Å². The molecule has 1 heterocycles. The van der Waals surface area contributed by atoms with Crippen LogP contribution in [0.25, 0.3) is 5.57 Å². The largest absolute Gasteiger partial charge is 0.395 e. The highest BCUT2D eigenvalue weighted by atomic mass is 16.3. The van der Waals surface area contributed by atoms with Crippen molar-refractivity contribution in [3.8, 4) is 0 Å². The Balaban J connectivity index is 1.72. The summed E-state index contributed by atoms with van der Waals surface area (Å²) in [4.78, 5) is 16.6. The fourth-order valence-corrected chi connectivity index (χ4v) is 4.63. The third-order valence-electron chi connectivity index (χ3n) is 6.24.